The standard InChI is InChI=1S/C19H19F2N3O3/c1-11(19(2,3)26)24-15-7-12(10-25)9-22-17(15)16(23-24)13-5-4-6-14(8-13)27-18(20)21/h4-11,18,26H,1-3H3. The number of aliphatic hydroxyl groups is 1. The van der Waals surface area contributed by atoms with E-state index in [2.05, 4.69) is 14.8 Å². The fourth-order valence-electron chi connectivity index (χ4n) is 2.71. The number of rotatable bonds is 6. The molecule has 0 saturated carbocycles. The van der Waals surface area contributed by atoms with Gasteiger partial charge in [0.1, 0.15) is 17.0 Å². The number of halogens is 2. The van der Waals surface area contributed by atoms with E-state index in [-0.39, 0.29) is 5.75 Å². The van der Waals surface area contributed by atoms with Gasteiger partial charge in [0.25, 0.3) is 0 Å². The highest BCUT2D eigenvalue weighted by Gasteiger charge is 2.28. The monoisotopic (exact) mass is 375 g/mol. The van der Waals surface area contributed by atoms with Gasteiger partial charge in [-0.2, -0.15) is 13.9 Å². The van der Waals surface area contributed by atoms with Crippen molar-refractivity contribution in [2.75, 3.05) is 0 Å². The zero-order valence-corrected chi connectivity index (χ0v) is 15.1. The summed E-state index contributed by atoms with van der Waals surface area (Å²) in [5.41, 5.74) is 1.31. The fraction of sp³-hybridized carbons (Fsp3) is 0.316. The third kappa shape index (κ3) is 3.80. The average molecular weight is 375 g/mol. The van der Waals surface area contributed by atoms with Gasteiger partial charge in [0.15, 0.2) is 6.29 Å². The lowest BCUT2D eigenvalue weighted by molar-refractivity contribution is -0.0498. The van der Waals surface area contributed by atoms with E-state index in [0.717, 1.165) is 0 Å². The molecule has 0 radical (unpaired) electrons. The zero-order valence-electron chi connectivity index (χ0n) is 15.1. The van der Waals surface area contributed by atoms with Gasteiger partial charge in [-0.25, -0.2) is 0 Å². The summed E-state index contributed by atoms with van der Waals surface area (Å²) in [6, 6.07) is 7.35. The quantitative estimate of drug-likeness (QED) is 0.663. The number of aromatic nitrogens is 3. The second-order valence-corrected chi connectivity index (χ2v) is 6.78. The Kier molecular flexibility index (Phi) is 4.93. The van der Waals surface area contributed by atoms with Crippen LogP contribution in [0.3, 0.4) is 0 Å². The van der Waals surface area contributed by atoms with Crippen LogP contribution in [0.2, 0.25) is 0 Å². The molecule has 8 heteroatoms. The second-order valence-electron chi connectivity index (χ2n) is 6.78. The van der Waals surface area contributed by atoms with Crippen LogP contribution in [0.15, 0.2) is 36.5 Å². The highest BCUT2D eigenvalue weighted by atomic mass is 19.3. The minimum Gasteiger partial charge on any atom is -0.435 e. The molecule has 3 aromatic rings. The molecule has 1 atom stereocenters. The van der Waals surface area contributed by atoms with E-state index in [9.17, 15) is 18.7 Å². The summed E-state index contributed by atoms with van der Waals surface area (Å²) in [4.78, 5) is 15.5. The Hall–Kier alpha value is -2.87. The van der Waals surface area contributed by atoms with Crippen LogP contribution in [0.1, 0.15) is 37.2 Å². The first-order chi connectivity index (χ1) is 12.7. The molecular weight excluding hydrogens is 356 g/mol. The Bertz CT molecular complexity index is 980. The van der Waals surface area contributed by atoms with Crippen LogP contribution in [0, 0.1) is 0 Å². The predicted octanol–water partition coefficient (Wildman–Crippen LogP) is 3.84. The Morgan fingerprint density at radius 2 is 2.04 bits per heavy atom. The summed E-state index contributed by atoms with van der Waals surface area (Å²) in [7, 11) is 0. The normalized spacial score (nSPS) is 13.1. The largest absolute Gasteiger partial charge is 0.435 e. The Labute approximate surface area is 154 Å². The van der Waals surface area contributed by atoms with E-state index >= 15 is 0 Å². The van der Waals surface area contributed by atoms with Gasteiger partial charge in [0, 0.05) is 17.3 Å². The number of ether oxygens (including phenoxy) is 1. The number of pyridine rings is 1. The van der Waals surface area contributed by atoms with Gasteiger partial charge >= 0.3 is 6.61 Å². The van der Waals surface area contributed by atoms with Gasteiger partial charge in [-0.3, -0.25) is 14.5 Å². The van der Waals surface area contributed by atoms with Crippen molar-refractivity contribution in [1.82, 2.24) is 14.8 Å². The SMILES string of the molecule is CC(n1nc(-c2cccc(OC(F)F)c2)c2ncc(C=O)cc21)C(C)(C)O. The Morgan fingerprint density at radius 1 is 1.30 bits per heavy atom. The van der Waals surface area contributed by atoms with Crippen molar-refractivity contribution in [3.8, 4) is 17.0 Å². The first-order valence-electron chi connectivity index (χ1n) is 8.31. The van der Waals surface area contributed by atoms with Crippen molar-refractivity contribution in [2.24, 2.45) is 0 Å². The molecule has 0 aliphatic heterocycles. The predicted molar refractivity (Wildman–Crippen MR) is 96.0 cm³/mol. The Morgan fingerprint density at radius 3 is 2.67 bits per heavy atom. The van der Waals surface area contributed by atoms with E-state index in [1.807, 2.05) is 0 Å². The zero-order chi connectivity index (χ0) is 19.8. The molecule has 0 aliphatic rings. The van der Waals surface area contributed by atoms with Gasteiger partial charge in [0.2, 0.25) is 0 Å². The van der Waals surface area contributed by atoms with Crippen LogP contribution < -0.4 is 4.74 Å². The number of fused-ring (bicyclic) bond motifs is 1. The molecule has 0 amide bonds. The lowest BCUT2D eigenvalue weighted by Gasteiger charge is -2.26. The van der Waals surface area contributed by atoms with Crippen LogP contribution in [0.25, 0.3) is 22.3 Å². The van der Waals surface area contributed by atoms with Gasteiger partial charge in [-0.15, -0.1) is 0 Å². The van der Waals surface area contributed by atoms with E-state index < -0.39 is 18.3 Å². The van der Waals surface area contributed by atoms with Gasteiger partial charge in [0.05, 0.1) is 17.2 Å². The molecule has 3 rings (SSSR count). The molecule has 1 N–H and O–H groups in total. The molecule has 0 spiro atoms. The summed E-state index contributed by atoms with van der Waals surface area (Å²) < 4.78 is 31.1. The number of nitrogens with zero attached hydrogens (tertiary/aromatic N) is 3. The molecule has 1 aromatic carbocycles. The first-order valence-corrected chi connectivity index (χ1v) is 8.31. The van der Waals surface area contributed by atoms with E-state index in [1.165, 1.54) is 18.3 Å². The third-order valence-electron chi connectivity index (χ3n) is 4.43. The van der Waals surface area contributed by atoms with Crippen LogP contribution in [-0.2, 0) is 0 Å². The summed E-state index contributed by atoms with van der Waals surface area (Å²) in [5.74, 6) is 0.00486. The number of aldehydes is 1. The fourth-order valence-corrected chi connectivity index (χ4v) is 2.71. The minimum absolute atomic E-state index is 0.00486. The van der Waals surface area contributed by atoms with Crippen LogP contribution >= 0.6 is 0 Å². The van der Waals surface area contributed by atoms with Crippen LogP contribution in [0.4, 0.5) is 8.78 Å². The molecule has 6 nitrogen and oxygen atoms in total. The minimum atomic E-state index is -2.93. The van der Waals surface area contributed by atoms with E-state index in [4.69, 9.17) is 0 Å². The molecule has 142 valence electrons. The van der Waals surface area contributed by atoms with Crippen LogP contribution in [-0.4, -0.2) is 38.4 Å². The van der Waals surface area contributed by atoms with Crippen molar-refractivity contribution in [1.29, 1.82) is 0 Å². The maximum atomic E-state index is 12.5. The lowest BCUT2D eigenvalue weighted by atomic mass is 10.0. The average Bonchev–Trinajstić information content (AvgIpc) is 2.98. The molecule has 0 fully saturated rings. The van der Waals surface area contributed by atoms with E-state index in [0.29, 0.717) is 34.1 Å². The van der Waals surface area contributed by atoms with Gasteiger partial charge in [-0.1, -0.05) is 12.1 Å². The molecular formula is C19H19F2N3O3. The summed E-state index contributed by atoms with van der Waals surface area (Å²) in [5, 5.41) is 15.0. The lowest BCUT2D eigenvalue weighted by Crippen LogP contribution is -2.31. The summed E-state index contributed by atoms with van der Waals surface area (Å²) >= 11 is 0. The van der Waals surface area contributed by atoms with Gasteiger partial charge in [-0.05, 0) is 39.0 Å². The second kappa shape index (κ2) is 7.03. The molecule has 1 unspecified atom stereocenters. The number of carbonyl (C=O) groups excluding carboxylic acids is 1. The molecule has 0 aliphatic carbocycles. The number of benzene rings is 1. The van der Waals surface area contributed by atoms with E-state index in [1.54, 1.807) is 43.7 Å². The smallest absolute Gasteiger partial charge is 0.387 e. The van der Waals surface area contributed by atoms with Crippen molar-refractivity contribution < 1.29 is 23.4 Å². The Balaban J connectivity index is 2.21. The highest BCUT2D eigenvalue weighted by Crippen LogP contribution is 2.33. The molecule has 0 bridgehead atoms. The number of carbonyl (C=O) groups is 1. The maximum absolute atomic E-state index is 12.5. The number of alkyl halides is 2. The maximum Gasteiger partial charge on any atom is 0.387 e. The van der Waals surface area contributed by atoms with Crippen molar-refractivity contribution in [2.45, 2.75) is 39.0 Å². The van der Waals surface area contributed by atoms with Crippen molar-refractivity contribution in [3.63, 3.8) is 0 Å². The third-order valence-corrected chi connectivity index (χ3v) is 4.43. The molecule has 27 heavy (non-hydrogen) atoms. The number of hydrogen-bond acceptors (Lipinski definition) is 5. The molecule has 0 saturated heterocycles. The van der Waals surface area contributed by atoms with Crippen molar-refractivity contribution >= 4 is 17.3 Å². The van der Waals surface area contributed by atoms with Gasteiger partial charge < -0.3 is 9.84 Å². The van der Waals surface area contributed by atoms with Crippen LogP contribution in [0.5, 0.6) is 5.75 Å². The number of hydrogen-bond donors (Lipinski definition) is 1. The molecule has 2 aromatic heterocycles. The highest BCUT2D eigenvalue weighted by molar-refractivity contribution is 5.93. The summed E-state index contributed by atoms with van der Waals surface area (Å²) in [6.45, 7) is 2.16. The molecule has 2 heterocycles. The first kappa shape index (κ1) is 18.9. The van der Waals surface area contributed by atoms with Crippen molar-refractivity contribution in [3.05, 3.63) is 42.1 Å². The topological polar surface area (TPSA) is 77.2 Å². The summed E-state index contributed by atoms with van der Waals surface area (Å²) in [6.07, 6.45) is 2.09.